The molecule has 0 spiro atoms. The fraction of sp³-hybridized carbons (Fsp3) is 0.667. The van der Waals surface area contributed by atoms with Crippen molar-refractivity contribution in [2.75, 3.05) is 33.3 Å². The summed E-state index contributed by atoms with van der Waals surface area (Å²) in [5, 5.41) is 17.0. The van der Waals surface area contributed by atoms with Crippen molar-refractivity contribution in [2.45, 2.75) is 57.2 Å². The third kappa shape index (κ3) is 5.58. The van der Waals surface area contributed by atoms with E-state index in [4.69, 9.17) is 4.74 Å². The van der Waals surface area contributed by atoms with E-state index in [2.05, 4.69) is 20.5 Å². The van der Waals surface area contributed by atoms with E-state index >= 15 is 0 Å². The average Bonchev–Trinajstić information content (AvgIpc) is 2.66. The SMILES string of the molecule is CCNC(=NCC1(O)CCC1)NC1CCN(Cc2ccc(OC)c(F)c2)CC1. The Morgan fingerprint density at radius 1 is 1.36 bits per heavy atom. The minimum Gasteiger partial charge on any atom is -0.494 e. The minimum absolute atomic E-state index is 0.286. The number of methoxy groups -OCH3 is 1. The molecule has 3 rings (SSSR count). The first-order chi connectivity index (χ1) is 13.5. The van der Waals surface area contributed by atoms with Gasteiger partial charge in [-0.1, -0.05) is 6.07 Å². The summed E-state index contributed by atoms with van der Waals surface area (Å²) in [6.07, 6.45) is 4.80. The second-order valence-electron chi connectivity index (χ2n) is 7.94. The van der Waals surface area contributed by atoms with Gasteiger partial charge in [-0.2, -0.15) is 0 Å². The molecule has 0 unspecified atom stereocenters. The number of nitrogens with one attached hydrogen (secondary N) is 2. The predicted octanol–water partition coefficient (Wildman–Crippen LogP) is 2.27. The van der Waals surface area contributed by atoms with Crippen molar-refractivity contribution in [3.63, 3.8) is 0 Å². The monoisotopic (exact) mass is 392 g/mol. The highest BCUT2D eigenvalue weighted by atomic mass is 19.1. The van der Waals surface area contributed by atoms with Gasteiger partial charge in [0.1, 0.15) is 0 Å². The summed E-state index contributed by atoms with van der Waals surface area (Å²) in [5.41, 5.74) is 0.368. The number of piperidine rings is 1. The van der Waals surface area contributed by atoms with Crippen LogP contribution in [0.3, 0.4) is 0 Å². The molecule has 1 saturated carbocycles. The van der Waals surface area contributed by atoms with E-state index in [1.165, 1.54) is 7.11 Å². The van der Waals surface area contributed by atoms with E-state index < -0.39 is 5.60 Å². The Labute approximate surface area is 167 Å². The summed E-state index contributed by atoms with van der Waals surface area (Å²) in [5.74, 6) is 0.767. The summed E-state index contributed by atoms with van der Waals surface area (Å²) in [4.78, 5) is 6.94. The lowest BCUT2D eigenvalue weighted by Gasteiger charge is -2.36. The molecule has 6 nitrogen and oxygen atoms in total. The van der Waals surface area contributed by atoms with Gasteiger partial charge in [0.2, 0.25) is 0 Å². The smallest absolute Gasteiger partial charge is 0.191 e. The molecule has 7 heteroatoms. The molecule has 2 aliphatic rings. The van der Waals surface area contributed by atoms with E-state index in [1.54, 1.807) is 12.1 Å². The van der Waals surface area contributed by atoms with Crippen LogP contribution >= 0.6 is 0 Å². The van der Waals surface area contributed by atoms with E-state index in [-0.39, 0.29) is 11.6 Å². The second kappa shape index (κ2) is 9.56. The Morgan fingerprint density at radius 3 is 2.68 bits per heavy atom. The summed E-state index contributed by atoms with van der Waals surface area (Å²) in [6, 6.07) is 5.53. The zero-order valence-electron chi connectivity index (χ0n) is 17.0. The molecular formula is C21H33FN4O2. The fourth-order valence-electron chi connectivity index (χ4n) is 3.78. The number of rotatable bonds is 7. The van der Waals surface area contributed by atoms with Crippen LogP contribution < -0.4 is 15.4 Å². The van der Waals surface area contributed by atoms with E-state index in [1.807, 2.05) is 13.0 Å². The van der Waals surface area contributed by atoms with E-state index in [0.717, 1.165) is 69.8 Å². The van der Waals surface area contributed by atoms with Crippen LogP contribution in [0.5, 0.6) is 5.75 Å². The number of hydrogen-bond acceptors (Lipinski definition) is 4. The highest BCUT2D eigenvalue weighted by Gasteiger charge is 2.34. The topological polar surface area (TPSA) is 69.1 Å². The Balaban J connectivity index is 1.47. The number of nitrogens with zero attached hydrogens (tertiary/aromatic N) is 2. The number of likely N-dealkylation sites (tertiary alicyclic amines) is 1. The lowest BCUT2D eigenvalue weighted by Crippen LogP contribution is -2.49. The summed E-state index contributed by atoms with van der Waals surface area (Å²) in [7, 11) is 1.48. The van der Waals surface area contributed by atoms with Gasteiger partial charge in [-0.3, -0.25) is 9.89 Å². The van der Waals surface area contributed by atoms with E-state index in [9.17, 15) is 9.50 Å². The molecule has 1 aliphatic heterocycles. The number of aliphatic hydroxyl groups is 1. The zero-order chi connectivity index (χ0) is 20.0. The molecular weight excluding hydrogens is 359 g/mol. The maximum atomic E-state index is 13.9. The Kier molecular flexibility index (Phi) is 7.13. The van der Waals surface area contributed by atoms with Gasteiger partial charge in [-0.05, 0) is 56.7 Å². The predicted molar refractivity (Wildman–Crippen MR) is 109 cm³/mol. The van der Waals surface area contributed by atoms with Crippen LogP contribution in [0.1, 0.15) is 44.6 Å². The molecule has 2 fully saturated rings. The fourth-order valence-corrected chi connectivity index (χ4v) is 3.78. The quantitative estimate of drug-likeness (QED) is 0.491. The first-order valence-electron chi connectivity index (χ1n) is 10.3. The van der Waals surface area contributed by atoms with Crippen LogP contribution in [0.25, 0.3) is 0 Å². The van der Waals surface area contributed by atoms with E-state index in [0.29, 0.717) is 12.6 Å². The zero-order valence-corrected chi connectivity index (χ0v) is 17.0. The summed E-state index contributed by atoms with van der Waals surface area (Å²) in [6.45, 7) is 5.96. The Bertz CT molecular complexity index is 670. The molecule has 1 aromatic rings. The van der Waals surface area contributed by atoms with Crippen LogP contribution in [0.2, 0.25) is 0 Å². The van der Waals surface area contributed by atoms with Crippen LogP contribution in [0.15, 0.2) is 23.2 Å². The molecule has 28 heavy (non-hydrogen) atoms. The lowest BCUT2D eigenvalue weighted by molar-refractivity contribution is -0.0236. The summed E-state index contributed by atoms with van der Waals surface area (Å²) < 4.78 is 18.9. The van der Waals surface area contributed by atoms with Gasteiger partial charge in [0, 0.05) is 32.2 Å². The van der Waals surface area contributed by atoms with Crippen molar-refractivity contribution < 1.29 is 14.2 Å². The highest BCUT2D eigenvalue weighted by Crippen LogP contribution is 2.31. The van der Waals surface area contributed by atoms with Crippen molar-refractivity contribution in [1.29, 1.82) is 0 Å². The van der Waals surface area contributed by atoms with Gasteiger partial charge >= 0.3 is 0 Å². The van der Waals surface area contributed by atoms with Gasteiger partial charge in [0.05, 0.1) is 19.3 Å². The highest BCUT2D eigenvalue weighted by molar-refractivity contribution is 5.80. The molecule has 0 aromatic heterocycles. The molecule has 156 valence electrons. The molecule has 0 bridgehead atoms. The molecule has 0 atom stereocenters. The number of guanidine groups is 1. The van der Waals surface area contributed by atoms with Crippen LogP contribution in [-0.4, -0.2) is 60.9 Å². The van der Waals surface area contributed by atoms with Gasteiger partial charge < -0.3 is 20.5 Å². The van der Waals surface area contributed by atoms with Gasteiger partial charge in [-0.15, -0.1) is 0 Å². The second-order valence-corrected chi connectivity index (χ2v) is 7.94. The third-order valence-corrected chi connectivity index (χ3v) is 5.71. The van der Waals surface area contributed by atoms with Gasteiger partial charge in [0.15, 0.2) is 17.5 Å². The molecule has 0 amide bonds. The van der Waals surface area contributed by atoms with Crippen LogP contribution in [0.4, 0.5) is 4.39 Å². The number of aliphatic imine (C=N–C) groups is 1. The van der Waals surface area contributed by atoms with Crippen molar-refractivity contribution in [2.24, 2.45) is 4.99 Å². The van der Waals surface area contributed by atoms with Crippen molar-refractivity contribution in [1.82, 2.24) is 15.5 Å². The molecule has 1 saturated heterocycles. The van der Waals surface area contributed by atoms with Gasteiger partial charge in [-0.25, -0.2) is 4.39 Å². The van der Waals surface area contributed by atoms with Gasteiger partial charge in [0.25, 0.3) is 0 Å². The van der Waals surface area contributed by atoms with Crippen molar-refractivity contribution in [3.05, 3.63) is 29.6 Å². The normalized spacial score (nSPS) is 20.5. The maximum absolute atomic E-state index is 13.9. The number of halogens is 1. The number of benzene rings is 1. The minimum atomic E-state index is -0.598. The lowest BCUT2D eigenvalue weighted by atomic mass is 9.80. The molecule has 1 heterocycles. The Morgan fingerprint density at radius 2 is 2.11 bits per heavy atom. The maximum Gasteiger partial charge on any atom is 0.191 e. The number of ether oxygens (including phenoxy) is 1. The Hall–Kier alpha value is -1.86. The summed E-state index contributed by atoms with van der Waals surface area (Å²) >= 11 is 0. The number of hydrogen-bond donors (Lipinski definition) is 3. The van der Waals surface area contributed by atoms with Crippen LogP contribution in [0, 0.1) is 5.82 Å². The third-order valence-electron chi connectivity index (χ3n) is 5.71. The standard InChI is InChI=1S/C21H33FN4O2/c1-3-23-20(24-15-21(27)9-4-10-21)25-17-7-11-26(12-8-17)14-16-5-6-19(28-2)18(22)13-16/h5-6,13,17,27H,3-4,7-12,14-15H2,1-2H3,(H2,23,24,25). The average molecular weight is 393 g/mol. The largest absolute Gasteiger partial charge is 0.494 e. The molecule has 3 N–H and O–H groups in total. The van der Waals surface area contributed by atoms with Crippen molar-refractivity contribution >= 4 is 5.96 Å². The first-order valence-corrected chi connectivity index (χ1v) is 10.3. The molecule has 0 radical (unpaired) electrons. The first kappa shape index (κ1) is 20.9. The van der Waals surface area contributed by atoms with Crippen molar-refractivity contribution in [3.8, 4) is 5.75 Å². The molecule has 1 aromatic carbocycles. The van der Waals surface area contributed by atoms with Crippen LogP contribution in [-0.2, 0) is 6.54 Å². The molecule has 1 aliphatic carbocycles.